The molecule has 45 heavy (non-hydrogen) atoms. The molecule has 0 spiro atoms. The number of amides is 1. The summed E-state index contributed by atoms with van der Waals surface area (Å²) >= 11 is 0. The van der Waals surface area contributed by atoms with Crippen molar-refractivity contribution < 1.29 is 18.7 Å². The minimum absolute atomic E-state index is 0.0371. The number of piperidine rings is 2. The molecule has 1 amide bonds. The van der Waals surface area contributed by atoms with Gasteiger partial charge in [-0.1, -0.05) is 42.5 Å². The van der Waals surface area contributed by atoms with Crippen molar-refractivity contribution in [3.05, 3.63) is 101 Å². The number of carbonyl (C=O) groups excluding carboxylic acids is 2. The maximum absolute atomic E-state index is 14.3. The molecule has 0 saturated carbocycles. The van der Waals surface area contributed by atoms with Crippen LogP contribution < -0.4 is 0 Å². The van der Waals surface area contributed by atoms with Crippen molar-refractivity contribution in [2.24, 2.45) is 0 Å². The molecule has 3 atom stereocenters. The monoisotopic (exact) mass is 608 g/mol. The highest BCUT2D eigenvalue weighted by molar-refractivity contribution is 5.98. The molecule has 3 saturated heterocycles. The number of fused-ring (bicyclic) bond motifs is 3. The molecule has 3 aliphatic rings. The predicted molar refractivity (Wildman–Crippen MR) is 172 cm³/mol. The number of aryl methyl sites for hydroxylation is 1. The van der Waals surface area contributed by atoms with Crippen molar-refractivity contribution >= 4 is 22.9 Å². The van der Waals surface area contributed by atoms with Gasteiger partial charge in [0.05, 0.1) is 23.7 Å². The number of likely N-dealkylation sites (tertiary alicyclic amines) is 1. The average molecular weight is 609 g/mol. The first-order valence-electron chi connectivity index (χ1n) is 16.3. The number of benzene rings is 3. The molecule has 3 aliphatic heterocycles. The molecule has 4 aromatic rings. The summed E-state index contributed by atoms with van der Waals surface area (Å²) in [6, 6.07) is 24.6. The SMILES string of the molecule is COC(=O)c1cc(F)cc(C(=O)N2CCC(CCN3[C@@H]4CC[C@H]3C[C@@H](n3c(C)nc5ccccc53)C4)(c3ccccc3)CC2)c1. The maximum atomic E-state index is 14.3. The average Bonchev–Trinajstić information content (AvgIpc) is 3.53. The van der Waals surface area contributed by atoms with E-state index in [1.807, 2.05) is 4.90 Å². The fraction of sp³-hybridized carbons (Fsp3) is 0.432. The predicted octanol–water partition coefficient (Wildman–Crippen LogP) is 6.70. The summed E-state index contributed by atoms with van der Waals surface area (Å²) in [7, 11) is 1.25. The Morgan fingerprint density at radius 2 is 1.58 bits per heavy atom. The van der Waals surface area contributed by atoms with Gasteiger partial charge in [-0.3, -0.25) is 9.69 Å². The number of methoxy groups -OCH3 is 1. The summed E-state index contributed by atoms with van der Waals surface area (Å²) in [6.45, 7) is 4.35. The molecule has 0 N–H and O–H groups in total. The first-order valence-corrected chi connectivity index (χ1v) is 16.3. The standard InChI is InChI=1S/C37H41FN4O3/c1-25-39-33-10-6-7-11-34(33)42(25)32-23-30-12-13-31(24-32)41(30)19-16-37(28-8-4-3-5-9-28)14-17-40(18-15-37)35(43)26-20-27(36(44)45-2)22-29(38)21-26/h3-11,20-22,30-32H,12-19,23-24H2,1-2H3/t30-,31+,32+. The molecule has 7 nitrogen and oxygen atoms in total. The van der Waals surface area contributed by atoms with Gasteiger partial charge in [-0.2, -0.15) is 0 Å². The first kappa shape index (κ1) is 29.7. The summed E-state index contributed by atoms with van der Waals surface area (Å²) in [5, 5.41) is 0. The van der Waals surface area contributed by atoms with Gasteiger partial charge in [0, 0.05) is 36.8 Å². The Bertz CT molecular complexity index is 1700. The highest BCUT2D eigenvalue weighted by Gasteiger charge is 2.44. The second-order valence-electron chi connectivity index (χ2n) is 13.2. The molecule has 2 bridgehead atoms. The molecule has 8 heteroatoms. The van der Waals surface area contributed by atoms with Crippen LogP contribution in [-0.4, -0.2) is 70.1 Å². The number of hydrogen-bond donors (Lipinski definition) is 0. The highest BCUT2D eigenvalue weighted by atomic mass is 19.1. The van der Waals surface area contributed by atoms with Crippen LogP contribution in [-0.2, 0) is 10.2 Å². The summed E-state index contributed by atoms with van der Waals surface area (Å²) in [4.78, 5) is 35.0. The van der Waals surface area contributed by atoms with Crippen molar-refractivity contribution in [1.29, 1.82) is 0 Å². The second-order valence-corrected chi connectivity index (χ2v) is 13.2. The van der Waals surface area contributed by atoms with E-state index >= 15 is 0 Å². The van der Waals surface area contributed by atoms with Gasteiger partial charge < -0.3 is 14.2 Å². The van der Waals surface area contributed by atoms with E-state index in [1.54, 1.807) is 0 Å². The lowest BCUT2D eigenvalue weighted by Gasteiger charge is -2.45. The quantitative estimate of drug-likeness (QED) is 0.219. The zero-order chi connectivity index (χ0) is 31.1. The molecule has 0 unspecified atom stereocenters. The maximum Gasteiger partial charge on any atom is 0.337 e. The van der Waals surface area contributed by atoms with E-state index in [9.17, 15) is 14.0 Å². The van der Waals surface area contributed by atoms with Crippen molar-refractivity contribution in [3.63, 3.8) is 0 Å². The summed E-state index contributed by atoms with van der Waals surface area (Å²) in [5.41, 5.74) is 3.86. The lowest BCUT2D eigenvalue weighted by Crippen LogP contribution is -2.49. The van der Waals surface area contributed by atoms with Crippen molar-refractivity contribution in [3.8, 4) is 0 Å². The topological polar surface area (TPSA) is 67.7 Å². The first-order chi connectivity index (χ1) is 21.8. The van der Waals surface area contributed by atoms with Crippen LogP contribution in [0.5, 0.6) is 0 Å². The summed E-state index contributed by atoms with van der Waals surface area (Å²) < 4.78 is 21.6. The van der Waals surface area contributed by atoms with E-state index in [0.717, 1.165) is 56.1 Å². The van der Waals surface area contributed by atoms with Gasteiger partial charge in [-0.25, -0.2) is 14.2 Å². The molecule has 7 rings (SSSR count). The fourth-order valence-corrected chi connectivity index (χ4v) is 8.53. The summed E-state index contributed by atoms with van der Waals surface area (Å²) in [5.74, 6) is -0.412. The minimum Gasteiger partial charge on any atom is -0.465 e. The number of hydrogen-bond acceptors (Lipinski definition) is 5. The third-order valence-electron chi connectivity index (χ3n) is 10.8. The van der Waals surface area contributed by atoms with Gasteiger partial charge in [-0.05, 0) is 99.7 Å². The van der Waals surface area contributed by atoms with Crippen LogP contribution in [0.25, 0.3) is 11.0 Å². The van der Waals surface area contributed by atoms with Crippen LogP contribution in [0.1, 0.15) is 83.1 Å². The van der Waals surface area contributed by atoms with E-state index in [1.165, 1.54) is 43.2 Å². The molecular formula is C37H41FN4O3. The van der Waals surface area contributed by atoms with Crippen LogP contribution in [0, 0.1) is 12.7 Å². The Kier molecular flexibility index (Phi) is 7.94. The smallest absolute Gasteiger partial charge is 0.337 e. The number of imidazole rings is 1. The third kappa shape index (κ3) is 5.54. The number of rotatable bonds is 7. The molecule has 4 heterocycles. The van der Waals surface area contributed by atoms with Crippen molar-refractivity contribution in [1.82, 2.24) is 19.4 Å². The summed E-state index contributed by atoms with van der Waals surface area (Å²) in [6.07, 6.45) is 7.51. The van der Waals surface area contributed by atoms with Gasteiger partial charge in [0.1, 0.15) is 11.6 Å². The molecule has 0 aliphatic carbocycles. The van der Waals surface area contributed by atoms with Crippen LogP contribution >= 0.6 is 0 Å². The third-order valence-corrected chi connectivity index (χ3v) is 10.8. The van der Waals surface area contributed by atoms with E-state index < -0.39 is 11.8 Å². The van der Waals surface area contributed by atoms with Crippen molar-refractivity contribution in [2.75, 3.05) is 26.7 Å². The van der Waals surface area contributed by atoms with Crippen LogP contribution in [0.15, 0.2) is 72.8 Å². The van der Waals surface area contributed by atoms with Crippen LogP contribution in [0.2, 0.25) is 0 Å². The van der Waals surface area contributed by atoms with Gasteiger partial charge in [0.25, 0.3) is 5.91 Å². The van der Waals surface area contributed by atoms with E-state index in [0.29, 0.717) is 31.2 Å². The highest BCUT2D eigenvalue weighted by Crippen LogP contribution is 2.45. The Morgan fingerprint density at radius 1 is 0.911 bits per heavy atom. The number of nitrogens with zero attached hydrogens (tertiary/aromatic N) is 4. The molecule has 234 valence electrons. The zero-order valence-corrected chi connectivity index (χ0v) is 26.1. The zero-order valence-electron chi connectivity index (χ0n) is 26.1. The van der Waals surface area contributed by atoms with Crippen molar-refractivity contribution in [2.45, 2.75) is 75.4 Å². The van der Waals surface area contributed by atoms with Crippen LogP contribution in [0.3, 0.4) is 0 Å². The number of esters is 1. The lowest BCUT2D eigenvalue weighted by atomic mass is 9.70. The van der Waals surface area contributed by atoms with Crippen LogP contribution in [0.4, 0.5) is 4.39 Å². The van der Waals surface area contributed by atoms with E-state index in [4.69, 9.17) is 9.72 Å². The number of para-hydroxylation sites is 2. The number of carbonyl (C=O) groups is 2. The fourth-order valence-electron chi connectivity index (χ4n) is 8.53. The number of aromatic nitrogens is 2. The molecule has 0 radical (unpaired) electrons. The largest absolute Gasteiger partial charge is 0.465 e. The molecule has 3 fully saturated rings. The van der Waals surface area contributed by atoms with Gasteiger partial charge in [0.15, 0.2) is 0 Å². The lowest BCUT2D eigenvalue weighted by molar-refractivity contribution is 0.0600. The van der Waals surface area contributed by atoms with Gasteiger partial charge in [0.2, 0.25) is 0 Å². The minimum atomic E-state index is -0.656. The molecule has 3 aromatic carbocycles. The van der Waals surface area contributed by atoms with E-state index in [2.05, 4.69) is 71.0 Å². The Morgan fingerprint density at radius 3 is 2.29 bits per heavy atom. The Hall–Kier alpha value is -4.04. The normalized spacial score (nSPS) is 22.9. The molecular weight excluding hydrogens is 567 g/mol. The Labute approximate surface area is 264 Å². The number of halogens is 1. The second kappa shape index (κ2) is 12.0. The number of ether oxygens (including phenoxy) is 1. The Balaban J connectivity index is 1.06. The van der Waals surface area contributed by atoms with E-state index in [-0.39, 0.29) is 22.4 Å². The van der Waals surface area contributed by atoms with Gasteiger partial charge in [-0.15, -0.1) is 0 Å². The molecule has 1 aromatic heterocycles. The van der Waals surface area contributed by atoms with Gasteiger partial charge >= 0.3 is 5.97 Å².